The van der Waals surface area contributed by atoms with Crippen LogP contribution in [0.3, 0.4) is 0 Å². The van der Waals surface area contributed by atoms with Gasteiger partial charge in [0.25, 0.3) is 0 Å². The normalized spacial score (nSPS) is 12.2. The molecule has 3 rings (SSSR count). The van der Waals surface area contributed by atoms with Gasteiger partial charge in [-0.25, -0.2) is 13.1 Å². The number of amides is 2. The fourth-order valence-corrected chi connectivity index (χ4v) is 4.02. The second-order valence-corrected chi connectivity index (χ2v) is 8.61. The minimum atomic E-state index is -3.79. The second kappa shape index (κ2) is 10.1. The Balaban J connectivity index is 1.67. The van der Waals surface area contributed by atoms with Gasteiger partial charge in [-0.3, -0.25) is 9.59 Å². The number of anilines is 1. The van der Waals surface area contributed by atoms with Crippen LogP contribution in [-0.2, 0) is 26.2 Å². The summed E-state index contributed by atoms with van der Waals surface area (Å²) in [5.74, 6) is -0.129. The first kappa shape index (κ1) is 22.3. The Kier molecular flexibility index (Phi) is 7.22. The molecule has 0 fully saturated rings. The highest BCUT2D eigenvalue weighted by atomic mass is 32.2. The monoisotopic (exact) mass is 441 g/mol. The molecular formula is C22H23N3O5S. The van der Waals surface area contributed by atoms with Gasteiger partial charge < -0.3 is 15.1 Å². The van der Waals surface area contributed by atoms with E-state index in [2.05, 4.69) is 15.4 Å². The van der Waals surface area contributed by atoms with Gasteiger partial charge in [0.15, 0.2) is 0 Å². The number of rotatable bonds is 9. The first-order valence-corrected chi connectivity index (χ1v) is 11.1. The van der Waals surface area contributed by atoms with Crippen LogP contribution < -0.4 is 15.4 Å². The van der Waals surface area contributed by atoms with Crippen LogP contribution in [0.5, 0.6) is 0 Å². The number of hydrogen-bond donors (Lipinski definition) is 3. The van der Waals surface area contributed by atoms with Crippen molar-refractivity contribution in [3.05, 3.63) is 84.3 Å². The summed E-state index contributed by atoms with van der Waals surface area (Å²) in [6.45, 7) is 1.40. The van der Waals surface area contributed by atoms with Crippen LogP contribution in [0.1, 0.15) is 30.7 Å². The molecule has 2 amide bonds. The van der Waals surface area contributed by atoms with Gasteiger partial charge in [0.05, 0.1) is 30.2 Å². The zero-order valence-corrected chi connectivity index (χ0v) is 17.7. The molecule has 1 heterocycles. The average Bonchev–Trinajstić information content (AvgIpc) is 3.26. The predicted octanol–water partition coefficient (Wildman–Crippen LogP) is 2.96. The molecule has 31 heavy (non-hydrogen) atoms. The summed E-state index contributed by atoms with van der Waals surface area (Å²) in [6.07, 6.45) is 1.46. The second-order valence-electron chi connectivity index (χ2n) is 6.85. The van der Waals surface area contributed by atoms with Gasteiger partial charge in [-0.15, -0.1) is 0 Å². The third-order valence-electron chi connectivity index (χ3n) is 4.41. The van der Waals surface area contributed by atoms with Crippen molar-refractivity contribution in [3.63, 3.8) is 0 Å². The van der Waals surface area contributed by atoms with Crippen LogP contribution in [0, 0.1) is 0 Å². The molecule has 0 saturated heterocycles. The van der Waals surface area contributed by atoms with Crippen molar-refractivity contribution < 1.29 is 22.4 Å². The highest BCUT2D eigenvalue weighted by Crippen LogP contribution is 2.20. The van der Waals surface area contributed by atoms with E-state index in [9.17, 15) is 18.0 Å². The molecule has 1 aromatic heterocycles. The van der Waals surface area contributed by atoms with Crippen LogP contribution in [-0.4, -0.2) is 20.2 Å². The number of carbonyl (C=O) groups is 2. The molecule has 0 spiro atoms. The summed E-state index contributed by atoms with van der Waals surface area (Å²) < 4.78 is 32.7. The summed E-state index contributed by atoms with van der Waals surface area (Å²) in [6, 6.07) is 17.9. The van der Waals surface area contributed by atoms with Crippen molar-refractivity contribution in [2.45, 2.75) is 30.8 Å². The zero-order valence-electron chi connectivity index (χ0n) is 16.9. The topological polar surface area (TPSA) is 118 Å². The largest absolute Gasteiger partial charge is 0.468 e. The van der Waals surface area contributed by atoms with Gasteiger partial charge in [-0.1, -0.05) is 36.4 Å². The minimum Gasteiger partial charge on any atom is -0.468 e. The van der Waals surface area contributed by atoms with E-state index in [0.29, 0.717) is 11.4 Å². The Labute approximate surface area is 180 Å². The van der Waals surface area contributed by atoms with E-state index in [-0.39, 0.29) is 29.7 Å². The molecule has 3 N–H and O–H groups in total. The third kappa shape index (κ3) is 6.53. The Morgan fingerprint density at radius 2 is 1.77 bits per heavy atom. The summed E-state index contributed by atoms with van der Waals surface area (Å²) in [7, 11) is -3.79. The van der Waals surface area contributed by atoms with Crippen LogP contribution in [0.4, 0.5) is 5.69 Å². The third-order valence-corrected chi connectivity index (χ3v) is 5.81. The number of carbonyl (C=O) groups excluding carboxylic acids is 2. The molecule has 2 aromatic carbocycles. The number of furan rings is 1. The zero-order chi connectivity index (χ0) is 22.3. The fourth-order valence-electron chi connectivity index (χ4n) is 2.98. The van der Waals surface area contributed by atoms with E-state index in [1.165, 1.54) is 25.3 Å². The van der Waals surface area contributed by atoms with Crippen molar-refractivity contribution in [1.82, 2.24) is 10.0 Å². The molecule has 0 bridgehead atoms. The molecule has 3 aromatic rings. The summed E-state index contributed by atoms with van der Waals surface area (Å²) >= 11 is 0. The lowest BCUT2D eigenvalue weighted by Crippen LogP contribution is -2.29. The molecule has 0 aliphatic heterocycles. The molecule has 0 saturated carbocycles. The predicted molar refractivity (Wildman–Crippen MR) is 115 cm³/mol. The molecule has 1 atom stereocenters. The fraction of sp³-hybridized carbons (Fsp3) is 0.182. The molecule has 0 aliphatic rings. The SMILES string of the molecule is CC(=O)NC(CC(=O)Nc1cccc(S(=O)(=O)NCc2ccco2)c1)c1ccccc1. The van der Waals surface area contributed by atoms with Crippen LogP contribution >= 0.6 is 0 Å². The van der Waals surface area contributed by atoms with E-state index in [1.54, 1.807) is 24.3 Å². The number of nitrogens with one attached hydrogen (secondary N) is 3. The number of hydrogen-bond acceptors (Lipinski definition) is 5. The first-order chi connectivity index (χ1) is 14.8. The molecule has 8 nitrogen and oxygen atoms in total. The van der Waals surface area contributed by atoms with Gasteiger partial charge in [0, 0.05) is 12.6 Å². The van der Waals surface area contributed by atoms with E-state index in [0.717, 1.165) is 5.56 Å². The van der Waals surface area contributed by atoms with E-state index < -0.39 is 16.1 Å². The molecule has 0 aliphatic carbocycles. The van der Waals surface area contributed by atoms with Crippen LogP contribution in [0.2, 0.25) is 0 Å². The number of sulfonamides is 1. The first-order valence-electron chi connectivity index (χ1n) is 9.57. The van der Waals surface area contributed by atoms with Gasteiger partial charge in [0.1, 0.15) is 5.76 Å². The molecule has 0 radical (unpaired) electrons. The highest BCUT2D eigenvalue weighted by molar-refractivity contribution is 7.89. The number of benzene rings is 2. The van der Waals surface area contributed by atoms with Gasteiger partial charge >= 0.3 is 0 Å². The Hall–Kier alpha value is -3.43. The maximum absolute atomic E-state index is 12.6. The smallest absolute Gasteiger partial charge is 0.241 e. The van der Waals surface area contributed by atoms with E-state index >= 15 is 0 Å². The lowest BCUT2D eigenvalue weighted by molar-refractivity contribution is -0.120. The Bertz CT molecular complexity index is 1130. The Morgan fingerprint density at radius 1 is 1.00 bits per heavy atom. The van der Waals surface area contributed by atoms with Crippen LogP contribution in [0.25, 0.3) is 0 Å². The van der Waals surface area contributed by atoms with Gasteiger partial charge in [-0.05, 0) is 35.9 Å². The van der Waals surface area contributed by atoms with Crippen LogP contribution in [0.15, 0.2) is 82.3 Å². The van der Waals surface area contributed by atoms with E-state index in [1.807, 2.05) is 30.3 Å². The average molecular weight is 442 g/mol. The van der Waals surface area contributed by atoms with Crippen molar-refractivity contribution >= 4 is 27.5 Å². The summed E-state index contributed by atoms with van der Waals surface area (Å²) in [4.78, 5) is 24.1. The maximum Gasteiger partial charge on any atom is 0.241 e. The van der Waals surface area contributed by atoms with Crippen molar-refractivity contribution in [2.75, 3.05) is 5.32 Å². The minimum absolute atomic E-state index is 0.00266. The lowest BCUT2D eigenvalue weighted by atomic mass is 10.0. The van der Waals surface area contributed by atoms with Crippen molar-refractivity contribution in [1.29, 1.82) is 0 Å². The van der Waals surface area contributed by atoms with Gasteiger partial charge in [0.2, 0.25) is 21.8 Å². The van der Waals surface area contributed by atoms with Gasteiger partial charge in [-0.2, -0.15) is 0 Å². The Morgan fingerprint density at radius 3 is 2.45 bits per heavy atom. The van der Waals surface area contributed by atoms with Crippen molar-refractivity contribution in [2.24, 2.45) is 0 Å². The lowest BCUT2D eigenvalue weighted by Gasteiger charge is -2.18. The summed E-state index contributed by atoms with van der Waals surface area (Å²) in [5.41, 5.74) is 1.13. The molecule has 9 heteroatoms. The van der Waals surface area contributed by atoms with Crippen molar-refractivity contribution in [3.8, 4) is 0 Å². The molecule has 162 valence electrons. The standard InChI is InChI=1S/C22H23N3O5S/c1-16(26)24-21(17-7-3-2-4-8-17)14-22(27)25-18-9-5-11-20(13-18)31(28,29)23-15-19-10-6-12-30-19/h2-13,21,23H,14-15H2,1H3,(H,24,26)(H,25,27). The quantitative estimate of drug-likeness (QED) is 0.472. The summed E-state index contributed by atoms with van der Waals surface area (Å²) in [5, 5.41) is 5.46. The molecular weight excluding hydrogens is 418 g/mol. The molecule has 1 unspecified atom stereocenters. The highest BCUT2D eigenvalue weighted by Gasteiger charge is 2.19. The maximum atomic E-state index is 12.6. The van der Waals surface area contributed by atoms with E-state index in [4.69, 9.17) is 4.42 Å².